The first-order valence-corrected chi connectivity index (χ1v) is 7.77. The maximum atomic E-state index is 13.2. The molecule has 1 fully saturated rings. The van der Waals surface area contributed by atoms with E-state index >= 15 is 0 Å². The SMILES string of the molecule is Cn1cnnc1SC[C@@]1(c2ccc(F)cc2)OC[C@@H](CO)O1. The number of nitrogens with zero attached hydrogens (tertiary/aromatic N) is 3. The minimum atomic E-state index is -1.03. The van der Waals surface area contributed by atoms with E-state index in [1.165, 1.54) is 23.9 Å². The predicted octanol–water partition coefficient (Wildman–Crippen LogP) is 1.31. The Labute approximate surface area is 131 Å². The lowest BCUT2D eigenvalue weighted by molar-refractivity contribution is -0.161. The second-order valence-corrected chi connectivity index (χ2v) is 5.95. The third kappa shape index (κ3) is 3.00. The van der Waals surface area contributed by atoms with Gasteiger partial charge in [0.25, 0.3) is 0 Å². The summed E-state index contributed by atoms with van der Waals surface area (Å²) in [5.41, 5.74) is 0.708. The van der Waals surface area contributed by atoms with E-state index in [2.05, 4.69) is 10.2 Å². The van der Waals surface area contributed by atoms with Gasteiger partial charge in [-0.2, -0.15) is 0 Å². The molecule has 0 radical (unpaired) electrons. The molecule has 0 amide bonds. The van der Waals surface area contributed by atoms with E-state index in [4.69, 9.17) is 9.47 Å². The van der Waals surface area contributed by atoms with Gasteiger partial charge in [0.05, 0.1) is 19.0 Å². The molecule has 0 saturated carbocycles. The highest BCUT2D eigenvalue weighted by atomic mass is 32.2. The molecule has 0 aliphatic carbocycles. The molecule has 2 aromatic rings. The highest BCUT2D eigenvalue weighted by molar-refractivity contribution is 7.99. The molecule has 0 spiro atoms. The first-order chi connectivity index (χ1) is 10.6. The van der Waals surface area contributed by atoms with Crippen molar-refractivity contribution in [3.8, 4) is 0 Å². The molecule has 0 unspecified atom stereocenters. The number of rotatable bonds is 5. The Morgan fingerprint density at radius 2 is 2.23 bits per heavy atom. The standard InChI is InChI=1S/C14H16FN3O3S/c1-18-9-16-17-13(18)22-8-14(20-7-12(6-19)21-14)10-2-4-11(15)5-3-10/h2-5,9,12,19H,6-8H2,1H3/t12-,14-/m1/s1. The largest absolute Gasteiger partial charge is 0.394 e. The van der Waals surface area contributed by atoms with Crippen molar-refractivity contribution < 1.29 is 19.0 Å². The Hall–Kier alpha value is -1.48. The molecule has 1 aromatic carbocycles. The van der Waals surface area contributed by atoms with Gasteiger partial charge in [0, 0.05) is 12.6 Å². The Balaban J connectivity index is 1.84. The Morgan fingerprint density at radius 1 is 1.45 bits per heavy atom. The average molecular weight is 325 g/mol. The minimum absolute atomic E-state index is 0.127. The molecule has 1 saturated heterocycles. The molecule has 1 aliphatic heterocycles. The molecule has 8 heteroatoms. The van der Waals surface area contributed by atoms with Gasteiger partial charge in [-0.1, -0.05) is 23.9 Å². The zero-order chi connectivity index (χ0) is 15.6. The van der Waals surface area contributed by atoms with Crippen LogP contribution in [0.1, 0.15) is 5.56 Å². The molecule has 2 atom stereocenters. The van der Waals surface area contributed by atoms with E-state index in [0.29, 0.717) is 11.3 Å². The van der Waals surface area contributed by atoms with Gasteiger partial charge in [-0.3, -0.25) is 0 Å². The number of thioether (sulfide) groups is 1. The van der Waals surface area contributed by atoms with E-state index < -0.39 is 11.9 Å². The van der Waals surface area contributed by atoms with Crippen LogP contribution in [0.25, 0.3) is 0 Å². The molecule has 1 aliphatic rings. The summed E-state index contributed by atoms with van der Waals surface area (Å²) in [5, 5.41) is 17.8. The van der Waals surface area contributed by atoms with Crippen molar-refractivity contribution in [3.05, 3.63) is 42.0 Å². The molecule has 3 rings (SSSR count). The monoisotopic (exact) mass is 325 g/mol. The van der Waals surface area contributed by atoms with Crippen LogP contribution in [-0.4, -0.2) is 44.9 Å². The zero-order valence-corrected chi connectivity index (χ0v) is 12.8. The van der Waals surface area contributed by atoms with Crippen molar-refractivity contribution in [3.63, 3.8) is 0 Å². The summed E-state index contributed by atoms with van der Waals surface area (Å²) in [7, 11) is 1.85. The smallest absolute Gasteiger partial charge is 0.205 e. The molecule has 2 heterocycles. The van der Waals surface area contributed by atoms with Crippen LogP contribution in [0.2, 0.25) is 0 Å². The van der Waals surface area contributed by atoms with E-state index in [-0.39, 0.29) is 19.0 Å². The summed E-state index contributed by atoms with van der Waals surface area (Å²) >= 11 is 1.43. The second-order valence-electron chi connectivity index (χ2n) is 5.01. The summed E-state index contributed by atoms with van der Waals surface area (Å²) in [6.45, 7) is 0.158. The molecule has 1 aromatic heterocycles. The normalized spacial score (nSPS) is 24.8. The van der Waals surface area contributed by atoms with Gasteiger partial charge in [-0.05, 0) is 12.1 Å². The molecule has 1 N–H and O–H groups in total. The highest BCUT2D eigenvalue weighted by Crippen LogP contribution is 2.38. The number of hydrogen-bond acceptors (Lipinski definition) is 6. The number of aryl methyl sites for hydroxylation is 1. The summed E-state index contributed by atoms with van der Waals surface area (Å²) in [6.07, 6.45) is 1.21. The molecule has 6 nitrogen and oxygen atoms in total. The van der Waals surface area contributed by atoms with Crippen LogP contribution in [0.3, 0.4) is 0 Å². The first kappa shape index (κ1) is 15.4. The number of hydrogen-bond donors (Lipinski definition) is 1. The summed E-state index contributed by atoms with van der Waals surface area (Å²) in [5.74, 6) is -0.934. The van der Waals surface area contributed by atoms with Crippen LogP contribution in [0, 0.1) is 5.82 Å². The fourth-order valence-corrected chi connectivity index (χ4v) is 3.22. The van der Waals surface area contributed by atoms with Crippen molar-refractivity contribution in [2.24, 2.45) is 7.05 Å². The lowest BCUT2D eigenvalue weighted by Crippen LogP contribution is -2.32. The van der Waals surface area contributed by atoms with Crippen LogP contribution in [0.15, 0.2) is 35.7 Å². The minimum Gasteiger partial charge on any atom is -0.394 e. The lowest BCUT2D eigenvalue weighted by atomic mass is 10.1. The van der Waals surface area contributed by atoms with Gasteiger partial charge in [-0.25, -0.2) is 4.39 Å². The Morgan fingerprint density at radius 3 is 2.82 bits per heavy atom. The lowest BCUT2D eigenvalue weighted by Gasteiger charge is -2.28. The number of aromatic nitrogens is 3. The first-order valence-electron chi connectivity index (χ1n) is 6.78. The van der Waals surface area contributed by atoms with Crippen molar-refractivity contribution in [1.29, 1.82) is 0 Å². The molecule has 0 bridgehead atoms. The summed E-state index contributed by atoms with van der Waals surface area (Å²) in [4.78, 5) is 0. The Bertz CT molecular complexity index is 637. The summed E-state index contributed by atoms with van der Waals surface area (Å²) < 4.78 is 26.7. The van der Waals surface area contributed by atoms with Crippen LogP contribution >= 0.6 is 11.8 Å². The van der Waals surface area contributed by atoms with Crippen molar-refractivity contribution >= 4 is 11.8 Å². The highest BCUT2D eigenvalue weighted by Gasteiger charge is 2.43. The van der Waals surface area contributed by atoms with Crippen molar-refractivity contribution in [2.75, 3.05) is 19.0 Å². The fraction of sp³-hybridized carbons (Fsp3) is 0.429. The van der Waals surface area contributed by atoms with Crippen LogP contribution < -0.4 is 0 Å². The summed E-state index contributed by atoms with van der Waals surface area (Å²) in [6, 6.07) is 5.99. The number of ether oxygens (including phenoxy) is 2. The third-order valence-corrected chi connectivity index (χ3v) is 4.56. The van der Waals surface area contributed by atoms with Gasteiger partial charge in [0.15, 0.2) is 5.16 Å². The zero-order valence-electron chi connectivity index (χ0n) is 12.0. The van der Waals surface area contributed by atoms with Crippen LogP contribution in [0.4, 0.5) is 4.39 Å². The van der Waals surface area contributed by atoms with Crippen LogP contribution in [0.5, 0.6) is 0 Å². The Kier molecular flexibility index (Phi) is 4.44. The molecule has 118 valence electrons. The number of aliphatic hydroxyl groups is 1. The maximum absolute atomic E-state index is 13.2. The van der Waals surface area contributed by atoms with Gasteiger partial charge in [0.1, 0.15) is 18.2 Å². The van der Waals surface area contributed by atoms with Gasteiger partial charge in [-0.15, -0.1) is 10.2 Å². The van der Waals surface area contributed by atoms with Crippen LogP contribution in [-0.2, 0) is 22.3 Å². The van der Waals surface area contributed by atoms with E-state index in [9.17, 15) is 9.50 Å². The van der Waals surface area contributed by atoms with E-state index in [1.807, 2.05) is 7.05 Å². The van der Waals surface area contributed by atoms with Gasteiger partial charge < -0.3 is 19.1 Å². The number of benzene rings is 1. The van der Waals surface area contributed by atoms with Crippen molar-refractivity contribution in [2.45, 2.75) is 17.0 Å². The third-order valence-electron chi connectivity index (χ3n) is 3.41. The topological polar surface area (TPSA) is 69.4 Å². The number of halogens is 1. The average Bonchev–Trinajstić information content (AvgIpc) is 3.13. The maximum Gasteiger partial charge on any atom is 0.205 e. The number of aliphatic hydroxyl groups excluding tert-OH is 1. The van der Waals surface area contributed by atoms with E-state index in [1.54, 1.807) is 23.0 Å². The van der Waals surface area contributed by atoms with Gasteiger partial charge in [0.2, 0.25) is 5.79 Å². The second kappa shape index (κ2) is 6.33. The molecular formula is C14H16FN3O3S. The fourth-order valence-electron chi connectivity index (χ4n) is 2.23. The van der Waals surface area contributed by atoms with Gasteiger partial charge >= 0.3 is 0 Å². The molecular weight excluding hydrogens is 309 g/mol. The van der Waals surface area contributed by atoms with E-state index in [0.717, 1.165) is 5.16 Å². The quantitative estimate of drug-likeness (QED) is 0.836. The predicted molar refractivity (Wildman–Crippen MR) is 77.7 cm³/mol. The van der Waals surface area contributed by atoms with Crippen molar-refractivity contribution in [1.82, 2.24) is 14.8 Å². The molecule has 22 heavy (non-hydrogen) atoms.